The number of hydrogen-bond donors (Lipinski definition) is 1. The number of amides is 2. The highest BCUT2D eigenvalue weighted by atomic mass is 16.6. The third kappa shape index (κ3) is 2.38. The van der Waals surface area contributed by atoms with E-state index in [1.165, 1.54) is 19.9 Å². The van der Waals surface area contributed by atoms with E-state index in [4.69, 9.17) is 0 Å². The second kappa shape index (κ2) is 4.47. The van der Waals surface area contributed by atoms with Gasteiger partial charge in [0.05, 0.1) is 11.1 Å². The zero-order valence-electron chi connectivity index (χ0n) is 8.68. The molecule has 1 rings (SSSR count). The minimum atomic E-state index is -0.681. The molecule has 0 saturated carbocycles. The Hall–Kier alpha value is -2.31. The van der Waals surface area contributed by atoms with Gasteiger partial charge in [-0.1, -0.05) is 0 Å². The molecule has 16 heavy (non-hydrogen) atoms. The lowest BCUT2D eigenvalue weighted by Gasteiger charge is -2.04. The molecule has 84 valence electrons. The van der Waals surface area contributed by atoms with Crippen molar-refractivity contribution in [3.8, 4) is 0 Å². The van der Waals surface area contributed by atoms with Crippen LogP contribution >= 0.6 is 0 Å². The maximum atomic E-state index is 11.5. The highest BCUT2D eigenvalue weighted by Crippen LogP contribution is 2.17. The molecule has 1 heterocycles. The van der Waals surface area contributed by atoms with Gasteiger partial charge in [0.15, 0.2) is 0 Å². The molecule has 0 fully saturated rings. The van der Waals surface area contributed by atoms with E-state index in [1.807, 2.05) is 5.32 Å². The fourth-order valence-electron chi connectivity index (χ4n) is 1.18. The number of nitrogens with one attached hydrogen (secondary N) is 1. The Morgan fingerprint density at radius 3 is 2.62 bits per heavy atom. The lowest BCUT2D eigenvalue weighted by molar-refractivity contribution is -0.390. The third-order valence-corrected chi connectivity index (χ3v) is 1.88. The number of nitro groups is 1. The van der Waals surface area contributed by atoms with Crippen LogP contribution in [0.15, 0.2) is 12.3 Å². The van der Waals surface area contributed by atoms with Crippen molar-refractivity contribution >= 4 is 17.6 Å². The Labute approximate surface area is 90.6 Å². The molecular formula is C9H9N3O4. The van der Waals surface area contributed by atoms with Gasteiger partial charge in [-0.05, 0) is 22.9 Å². The summed E-state index contributed by atoms with van der Waals surface area (Å²) in [5.41, 5.74) is 0.197. The zero-order chi connectivity index (χ0) is 12.3. The Morgan fingerprint density at radius 2 is 2.12 bits per heavy atom. The van der Waals surface area contributed by atoms with Gasteiger partial charge in [0.1, 0.15) is 6.20 Å². The normalized spacial score (nSPS) is 9.62. The summed E-state index contributed by atoms with van der Waals surface area (Å²) in [7, 11) is 0. The molecule has 0 saturated heterocycles. The Bertz CT molecular complexity index is 470. The van der Waals surface area contributed by atoms with Gasteiger partial charge in [0.25, 0.3) is 5.91 Å². The van der Waals surface area contributed by atoms with Gasteiger partial charge in [-0.2, -0.15) is 0 Å². The average Bonchev–Trinajstić information content (AvgIpc) is 2.16. The van der Waals surface area contributed by atoms with Crippen LogP contribution in [0, 0.1) is 17.0 Å². The highest BCUT2D eigenvalue weighted by molar-refractivity contribution is 6.05. The Balaban J connectivity index is 3.15. The van der Waals surface area contributed by atoms with Crippen molar-refractivity contribution in [1.82, 2.24) is 10.3 Å². The lowest BCUT2D eigenvalue weighted by atomic mass is 10.1. The molecule has 0 unspecified atom stereocenters. The SMILES string of the molecule is CC(=O)NC(=O)c1ccnc([N+](=O)[O-])c1C. The lowest BCUT2D eigenvalue weighted by Crippen LogP contribution is -2.28. The maximum absolute atomic E-state index is 11.5. The number of pyridine rings is 1. The molecule has 0 bridgehead atoms. The number of aromatic nitrogens is 1. The summed E-state index contributed by atoms with van der Waals surface area (Å²) in [6.45, 7) is 2.59. The molecule has 0 aliphatic rings. The number of rotatable bonds is 2. The van der Waals surface area contributed by atoms with Crippen molar-refractivity contribution in [3.63, 3.8) is 0 Å². The first-order chi connectivity index (χ1) is 7.43. The van der Waals surface area contributed by atoms with Crippen LogP contribution in [0.1, 0.15) is 22.8 Å². The van der Waals surface area contributed by atoms with Gasteiger partial charge in [0, 0.05) is 6.92 Å². The molecule has 2 amide bonds. The molecule has 0 spiro atoms. The van der Waals surface area contributed by atoms with Crippen LogP contribution in [0.5, 0.6) is 0 Å². The van der Waals surface area contributed by atoms with Crippen LogP contribution in [0.25, 0.3) is 0 Å². The topological polar surface area (TPSA) is 102 Å². The number of carbonyl (C=O) groups is 2. The zero-order valence-corrected chi connectivity index (χ0v) is 8.68. The van der Waals surface area contributed by atoms with Crippen LogP contribution in [0.3, 0.4) is 0 Å². The quantitative estimate of drug-likeness (QED) is 0.583. The van der Waals surface area contributed by atoms with E-state index in [0.29, 0.717) is 0 Å². The average molecular weight is 223 g/mol. The van der Waals surface area contributed by atoms with Crippen molar-refractivity contribution in [2.45, 2.75) is 13.8 Å². The van der Waals surface area contributed by atoms with Crippen LogP contribution in [-0.2, 0) is 4.79 Å². The van der Waals surface area contributed by atoms with Crippen LogP contribution in [0.4, 0.5) is 5.82 Å². The smallest absolute Gasteiger partial charge is 0.358 e. The first kappa shape index (κ1) is 11.8. The second-order valence-corrected chi connectivity index (χ2v) is 3.07. The summed E-state index contributed by atoms with van der Waals surface area (Å²) in [4.78, 5) is 35.6. The molecule has 0 aliphatic carbocycles. The van der Waals surface area contributed by atoms with Crippen molar-refractivity contribution in [3.05, 3.63) is 33.5 Å². The van der Waals surface area contributed by atoms with Crippen LogP contribution in [-0.4, -0.2) is 21.7 Å². The van der Waals surface area contributed by atoms with E-state index in [9.17, 15) is 19.7 Å². The highest BCUT2D eigenvalue weighted by Gasteiger charge is 2.19. The van der Waals surface area contributed by atoms with Crippen molar-refractivity contribution in [1.29, 1.82) is 0 Å². The standard InChI is InChI=1S/C9H9N3O4/c1-5-7(9(14)11-6(2)13)3-4-10-8(5)12(15)16/h3-4H,1-2H3,(H,11,13,14). The summed E-state index contributed by atoms with van der Waals surface area (Å²) in [6.07, 6.45) is 1.15. The fraction of sp³-hybridized carbons (Fsp3) is 0.222. The largest absolute Gasteiger partial charge is 0.367 e. The molecule has 0 radical (unpaired) electrons. The summed E-state index contributed by atoms with van der Waals surface area (Å²) >= 11 is 0. The molecule has 0 aliphatic heterocycles. The Morgan fingerprint density at radius 1 is 1.50 bits per heavy atom. The minimum absolute atomic E-state index is 0.0666. The van der Waals surface area contributed by atoms with Gasteiger partial charge >= 0.3 is 5.82 Å². The first-order valence-corrected chi connectivity index (χ1v) is 4.35. The van der Waals surface area contributed by atoms with Crippen molar-refractivity contribution in [2.24, 2.45) is 0 Å². The van der Waals surface area contributed by atoms with E-state index in [0.717, 1.165) is 6.20 Å². The van der Waals surface area contributed by atoms with Gasteiger partial charge in [0.2, 0.25) is 5.91 Å². The molecule has 7 nitrogen and oxygen atoms in total. The predicted octanol–water partition coefficient (Wildman–Crippen LogP) is 0.575. The van der Waals surface area contributed by atoms with Gasteiger partial charge in [-0.3, -0.25) is 14.9 Å². The van der Waals surface area contributed by atoms with E-state index in [2.05, 4.69) is 4.98 Å². The molecular weight excluding hydrogens is 214 g/mol. The number of nitrogens with zero attached hydrogens (tertiary/aromatic N) is 2. The first-order valence-electron chi connectivity index (χ1n) is 4.35. The molecule has 7 heteroatoms. The second-order valence-electron chi connectivity index (χ2n) is 3.07. The van der Waals surface area contributed by atoms with E-state index >= 15 is 0 Å². The summed E-state index contributed by atoms with van der Waals surface area (Å²) < 4.78 is 0. The van der Waals surface area contributed by atoms with Gasteiger partial charge in [-0.15, -0.1) is 0 Å². The maximum Gasteiger partial charge on any atom is 0.367 e. The van der Waals surface area contributed by atoms with Gasteiger partial charge in [-0.25, -0.2) is 0 Å². The van der Waals surface area contributed by atoms with Crippen LogP contribution in [0.2, 0.25) is 0 Å². The number of hydrogen-bond acceptors (Lipinski definition) is 5. The summed E-state index contributed by atoms with van der Waals surface area (Å²) in [5.74, 6) is -1.59. The minimum Gasteiger partial charge on any atom is -0.358 e. The third-order valence-electron chi connectivity index (χ3n) is 1.88. The van der Waals surface area contributed by atoms with Crippen molar-refractivity contribution in [2.75, 3.05) is 0 Å². The summed E-state index contributed by atoms with van der Waals surface area (Å²) in [6, 6.07) is 1.32. The number of imide groups is 1. The Kier molecular flexibility index (Phi) is 3.29. The van der Waals surface area contributed by atoms with E-state index in [-0.39, 0.29) is 11.1 Å². The molecule has 0 atom stereocenters. The monoisotopic (exact) mass is 223 g/mol. The van der Waals surface area contributed by atoms with Gasteiger partial charge < -0.3 is 10.1 Å². The number of carbonyl (C=O) groups excluding carboxylic acids is 2. The fourth-order valence-corrected chi connectivity index (χ4v) is 1.18. The molecule has 1 aromatic heterocycles. The molecule has 1 N–H and O–H groups in total. The summed E-state index contributed by atoms with van der Waals surface area (Å²) in [5, 5.41) is 12.6. The molecule has 1 aromatic rings. The van der Waals surface area contributed by atoms with E-state index in [1.54, 1.807) is 0 Å². The molecule has 0 aromatic carbocycles. The predicted molar refractivity (Wildman–Crippen MR) is 53.8 cm³/mol. The van der Waals surface area contributed by atoms with E-state index < -0.39 is 22.6 Å². The van der Waals surface area contributed by atoms with Crippen LogP contribution < -0.4 is 5.32 Å². The van der Waals surface area contributed by atoms with Crippen molar-refractivity contribution < 1.29 is 14.5 Å².